The first kappa shape index (κ1) is 23.9. The highest BCUT2D eigenvalue weighted by Crippen LogP contribution is 2.37. The van der Waals surface area contributed by atoms with E-state index in [0.717, 1.165) is 17.4 Å². The first-order chi connectivity index (χ1) is 17.2. The molecule has 5 rings (SSSR count). The second-order valence-corrected chi connectivity index (χ2v) is 10.8. The number of rotatable bonds is 5. The Bertz CT molecular complexity index is 1420. The van der Waals surface area contributed by atoms with Gasteiger partial charge in [0.15, 0.2) is 21.5 Å². The van der Waals surface area contributed by atoms with Crippen LogP contribution in [0.1, 0.15) is 12.5 Å². The van der Waals surface area contributed by atoms with Gasteiger partial charge in [-0.25, -0.2) is 18.4 Å². The van der Waals surface area contributed by atoms with Crippen molar-refractivity contribution in [2.24, 2.45) is 0 Å². The van der Waals surface area contributed by atoms with Crippen LogP contribution in [0.5, 0.6) is 0 Å². The number of carbonyl (C=O) groups is 2. The molecule has 1 atom stereocenters. The summed E-state index contributed by atoms with van der Waals surface area (Å²) in [5.41, 5.74) is 2.82. The first-order valence-electron chi connectivity index (χ1n) is 11.4. The summed E-state index contributed by atoms with van der Waals surface area (Å²) in [7, 11) is -3.31. The van der Waals surface area contributed by atoms with Crippen molar-refractivity contribution in [2.75, 3.05) is 41.1 Å². The molecule has 3 heterocycles. The van der Waals surface area contributed by atoms with Gasteiger partial charge in [0.1, 0.15) is 11.7 Å². The van der Waals surface area contributed by atoms with Gasteiger partial charge in [-0.15, -0.1) is 0 Å². The Morgan fingerprint density at radius 1 is 1.14 bits per heavy atom. The minimum Gasteiger partial charge on any atom is -0.377 e. The molecule has 0 saturated carbocycles. The predicted octanol–water partition coefficient (Wildman–Crippen LogP) is 2.26. The molecule has 2 aromatic carbocycles. The molecule has 3 aromatic rings. The molecule has 11 heteroatoms. The third-order valence-electron chi connectivity index (χ3n) is 6.15. The lowest BCUT2D eigenvalue weighted by Crippen LogP contribution is -2.58. The van der Waals surface area contributed by atoms with E-state index in [1.54, 1.807) is 47.5 Å². The predicted molar refractivity (Wildman–Crippen MR) is 134 cm³/mol. The van der Waals surface area contributed by atoms with Gasteiger partial charge in [-0.05, 0) is 42.0 Å². The molecule has 36 heavy (non-hydrogen) atoms. The lowest BCUT2D eigenvalue weighted by molar-refractivity contribution is -0.122. The highest BCUT2D eigenvalue weighted by Gasteiger charge is 2.41. The number of nitrogens with one attached hydrogen (secondary N) is 1. The zero-order chi connectivity index (χ0) is 25.4. The van der Waals surface area contributed by atoms with E-state index in [-0.39, 0.29) is 29.9 Å². The highest BCUT2D eigenvalue weighted by molar-refractivity contribution is 7.90. The number of carbonyl (C=O) groups excluding carboxylic acids is 2. The van der Waals surface area contributed by atoms with Gasteiger partial charge < -0.3 is 19.9 Å². The molecule has 186 valence electrons. The number of sulfone groups is 1. The van der Waals surface area contributed by atoms with E-state index in [4.69, 9.17) is 9.72 Å². The van der Waals surface area contributed by atoms with Gasteiger partial charge in [0.2, 0.25) is 5.91 Å². The van der Waals surface area contributed by atoms with E-state index in [2.05, 4.69) is 10.3 Å². The first-order valence-corrected chi connectivity index (χ1v) is 13.3. The van der Waals surface area contributed by atoms with Gasteiger partial charge in [0.05, 0.1) is 30.9 Å². The van der Waals surface area contributed by atoms with Crippen molar-refractivity contribution in [2.45, 2.75) is 24.4 Å². The Morgan fingerprint density at radius 3 is 2.53 bits per heavy atom. The number of nitrogens with zero attached hydrogens (tertiary/aromatic N) is 4. The minimum absolute atomic E-state index is 0.120. The van der Waals surface area contributed by atoms with Gasteiger partial charge in [-0.3, -0.25) is 9.59 Å². The standard InChI is InChI=1S/C25H25N5O5S/c1-16(31)27-19-7-5-18(6-8-19)23-26-13-21-24(28-23)29-11-12-35-15-22(29)25(32)30(21)14-17-3-9-20(10-4-17)36(2,33)34/h3-10,13,22H,11-12,14-15H2,1-2H3,(H,27,31). The van der Waals surface area contributed by atoms with Gasteiger partial charge in [0.25, 0.3) is 5.91 Å². The van der Waals surface area contributed by atoms with Crippen LogP contribution >= 0.6 is 0 Å². The van der Waals surface area contributed by atoms with Crippen LogP contribution < -0.4 is 15.1 Å². The average Bonchev–Trinajstić information content (AvgIpc) is 2.86. The Morgan fingerprint density at radius 2 is 1.86 bits per heavy atom. The fourth-order valence-corrected chi connectivity index (χ4v) is 4.99. The summed E-state index contributed by atoms with van der Waals surface area (Å²) >= 11 is 0. The summed E-state index contributed by atoms with van der Waals surface area (Å²) in [4.78, 5) is 37.9. The number of anilines is 3. The molecule has 1 unspecified atom stereocenters. The quantitative estimate of drug-likeness (QED) is 0.558. The van der Waals surface area contributed by atoms with Crippen LogP contribution in [0.25, 0.3) is 11.4 Å². The van der Waals surface area contributed by atoms with Crippen molar-refractivity contribution in [1.29, 1.82) is 0 Å². The molecule has 1 N–H and O–H groups in total. The summed E-state index contributed by atoms with van der Waals surface area (Å²) in [5.74, 6) is 0.874. The van der Waals surface area contributed by atoms with Crippen LogP contribution in [0, 0.1) is 0 Å². The second-order valence-electron chi connectivity index (χ2n) is 8.79. The second kappa shape index (κ2) is 9.32. The van der Waals surface area contributed by atoms with Gasteiger partial charge in [-0.2, -0.15) is 0 Å². The SMILES string of the molecule is CC(=O)Nc1ccc(-c2ncc3c(n2)N2CCOCC2C(=O)N3Cc2ccc(S(C)(=O)=O)cc2)cc1. The van der Waals surface area contributed by atoms with Crippen molar-refractivity contribution < 1.29 is 22.7 Å². The third kappa shape index (κ3) is 4.67. The lowest BCUT2D eigenvalue weighted by atomic mass is 10.1. The Balaban J connectivity index is 1.50. The van der Waals surface area contributed by atoms with Crippen molar-refractivity contribution in [3.05, 3.63) is 60.3 Å². The molecule has 1 saturated heterocycles. The summed E-state index contributed by atoms with van der Waals surface area (Å²) in [5, 5.41) is 2.74. The van der Waals surface area contributed by atoms with E-state index in [1.807, 2.05) is 17.0 Å². The van der Waals surface area contributed by atoms with Crippen molar-refractivity contribution in [3.8, 4) is 11.4 Å². The molecular weight excluding hydrogens is 482 g/mol. The topological polar surface area (TPSA) is 122 Å². The number of ether oxygens (including phenoxy) is 1. The molecule has 0 bridgehead atoms. The monoisotopic (exact) mass is 507 g/mol. The van der Waals surface area contributed by atoms with Crippen LogP contribution in [0.3, 0.4) is 0 Å². The van der Waals surface area contributed by atoms with Crippen LogP contribution in [0.15, 0.2) is 59.6 Å². The average molecular weight is 508 g/mol. The number of hydrogen-bond donors (Lipinski definition) is 1. The van der Waals surface area contributed by atoms with Crippen molar-refractivity contribution in [3.63, 3.8) is 0 Å². The van der Waals surface area contributed by atoms with Crippen molar-refractivity contribution in [1.82, 2.24) is 9.97 Å². The number of fused-ring (bicyclic) bond motifs is 3. The molecule has 0 spiro atoms. The van der Waals surface area contributed by atoms with E-state index in [1.165, 1.54) is 6.92 Å². The fraction of sp³-hybridized carbons (Fsp3) is 0.280. The molecular formula is C25H25N5O5S. The normalized spacial score (nSPS) is 17.4. The zero-order valence-corrected chi connectivity index (χ0v) is 20.7. The van der Waals surface area contributed by atoms with E-state index >= 15 is 0 Å². The number of hydrogen-bond acceptors (Lipinski definition) is 8. The van der Waals surface area contributed by atoms with Gasteiger partial charge in [-0.1, -0.05) is 12.1 Å². The largest absolute Gasteiger partial charge is 0.377 e. The molecule has 0 aliphatic carbocycles. The van der Waals surface area contributed by atoms with E-state index in [0.29, 0.717) is 36.2 Å². The summed E-state index contributed by atoms with van der Waals surface area (Å²) in [6, 6.07) is 13.2. The smallest absolute Gasteiger partial charge is 0.252 e. The van der Waals surface area contributed by atoms with E-state index in [9.17, 15) is 18.0 Å². The maximum absolute atomic E-state index is 13.5. The maximum atomic E-state index is 13.5. The number of morpholine rings is 1. The van der Waals surface area contributed by atoms with Crippen LogP contribution in [0.4, 0.5) is 17.2 Å². The molecule has 2 amide bonds. The van der Waals surface area contributed by atoms with Crippen LogP contribution in [-0.2, 0) is 30.7 Å². The van der Waals surface area contributed by atoms with Crippen molar-refractivity contribution >= 4 is 38.8 Å². The van der Waals surface area contributed by atoms with E-state index < -0.39 is 15.9 Å². The Kier molecular flexibility index (Phi) is 6.19. The number of aromatic nitrogens is 2. The molecule has 1 aromatic heterocycles. The number of amides is 2. The van der Waals surface area contributed by atoms with Crippen LogP contribution in [0.2, 0.25) is 0 Å². The molecule has 1 fully saturated rings. The summed E-state index contributed by atoms with van der Waals surface area (Å²) in [6.07, 6.45) is 2.81. The summed E-state index contributed by atoms with van der Waals surface area (Å²) < 4.78 is 29.2. The highest BCUT2D eigenvalue weighted by atomic mass is 32.2. The molecule has 2 aliphatic rings. The molecule has 2 aliphatic heterocycles. The Hall–Kier alpha value is -3.83. The third-order valence-corrected chi connectivity index (χ3v) is 7.28. The summed E-state index contributed by atoms with van der Waals surface area (Å²) in [6.45, 7) is 2.96. The van der Waals surface area contributed by atoms with Crippen LogP contribution in [-0.4, -0.2) is 62.3 Å². The lowest BCUT2D eigenvalue weighted by Gasteiger charge is -2.43. The van der Waals surface area contributed by atoms with Gasteiger partial charge in [0, 0.05) is 31.0 Å². The molecule has 10 nitrogen and oxygen atoms in total. The maximum Gasteiger partial charge on any atom is 0.252 e. The van der Waals surface area contributed by atoms with Gasteiger partial charge >= 0.3 is 0 Å². The zero-order valence-electron chi connectivity index (χ0n) is 19.8. The fourth-order valence-electron chi connectivity index (χ4n) is 4.36. The molecule has 0 radical (unpaired) electrons. The minimum atomic E-state index is -3.31. The Labute approximate surface area is 208 Å². The number of benzene rings is 2.